The first-order chi connectivity index (χ1) is 21.8. The fourth-order valence-corrected chi connectivity index (χ4v) is 5.59. The molecule has 2 aromatic heterocycles. The summed E-state index contributed by atoms with van der Waals surface area (Å²) in [6.45, 7) is 4.03. The molecule has 1 spiro atoms. The molecule has 0 aliphatic carbocycles. The second-order valence-corrected chi connectivity index (χ2v) is 11.2. The van der Waals surface area contributed by atoms with Crippen LogP contribution >= 0.6 is 0 Å². The number of carbonyl (C=O) groups is 2. The van der Waals surface area contributed by atoms with Crippen LogP contribution in [-0.2, 0) is 11.3 Å². The average Bonchev–Trinajstić information content (AvgIpc) is 3.52. The van der Waals surface area contributed by atoms with Gasteiger partial charge in [-0.15, -0.1) is 5.10 Å². The summed E-state index contributed by atoms with van der Waals surface area (Å²) in [5.41, 5.74) is 2.89. The first-order valence-electron chi connectivity index (χ1n) is 14.2. The molecule has 2 N–H and O–H groups in total. The van der Waals surface area contributed by atoms with Gasteiger partial charge in [0.1, 0.15) is 36.6 Å². The van der Waals surface area contributed by atoms with Gasteiger partial charge in [-0.25, -0.2) is 14.6 Å². The number of nitrogens with one attached hydrogen (secondary N) is 1. The van der Waals surface area contributed by atoms with Gasteiger partial charge in [-0.3, -0.25) is 9.59 Å². The van der Waals surface area contributed by atoms with Gasteiger partial charge in [0.2, 0.25) is 11.9 Å². The number of aliphatic hydroxyl groups is 1. The second-order valence-electron chi connectivity index (χ2n) is 11.2. The molecule has 2 aromatic carbocycles. The highest BCUT2D eigenvalue weighted by Gasteiger charge is 2.54. The summed E-state index contributed by atoms with van der Waals surface area (Å²) >= 11 is 0. The fraction of sp³-hybridized carbons (Fsp3) is 0.333. The average molecular weight is 611 g/mol. The topological polar surface area (TPSA) is 185 Å². The zero-order valence-electron chi connectivity index (χ0n) is 24.6. The first-order valence-corrected chi connectivity index (χ1v) is 14.2. The summed E-state index contributed by atoms with van der Waals surface area (Å²) in [5, 5.41) is 32.8. The zero-order chi connectivity index (χ0) is 31.6. The van der Waals surface area contributed by atoms with E-state index in [4.69, 9.17) is 14.6 Å². The first kappa shape index (κ1) is 29.5. The number of tetrazole rings is 1. The zero-order valence-corrected chi connectivity index (χ0v) is 24.6. The van der Waals surface area contributed by atoms with Gasteiger partial charge in [-0.2, -0.15) is 5.26 Å². The lowest BCUT2D eigenvalue weighted by Crippen LogP contribution is -2.73. The highest BCUT2D eigenvalue weighted by atomic mass is 16.5. The number of methoxy groups -OCH3 is 1. The third-order valence-electron chi connectivity index (χ3n) is 7.83. The number of ether oxygens (including phenoxy) is 2. The van der Waals surface area contributed by atoms with Crippen molar-refractivity contribution in [2.45, 2.75) is 19.6 Å². The lowest BCUT2D eigenvalue weighted by molar-refractivity contribution is -0.157. The number of benzene rings is 2. The third-order valence-corrected chi connectivity index (χ3v) is 7.83. The van der Waals surface area contributed by atoms with E-state index in [1.165, 1.54) is 13.4 Å². The summed E-state index contributed by atoms with van der Waals surface area (Å²) in [6, 6.07) is 12.5. The molecule has 2 aliphatic rings. The Morgan fingerprint density at radius 2 is 1.82 bits per heavy atom. The number of rotatable bonds is 10. The van der Waals surface area contributed by atoms with Crippen LogP contribution in [0, 0.1) is 16.7 Å². The number of carbonyl (C=O) groups excluding carboxylic acids is 2. The smallest absolute Gasteiger partial charge is 0.254 e. The van der Waals surface area contributed by atoms with E-state index in [1.54, 1.807) is 63.3 Å². The van der Waals surface area contributed by atoms with Gasteiger partial charge < -0.3 is 29.7 Å². The number of aromatic nitrogens is 6. The summed E-state index contributed by atoms with van der Waals surface area (Å²) in [5.74, 6) is 0.810. The molecular formula is C30H30N10O5. The monoisotopic (exact) mass is 610 g/mol. The van der Waals surface area contributed by atoms with Crippen LogP contribution in [0.15, 0.2) is 55.1 Å². The highest BCUT2D eigenvalue weighted by molar-refractivity contribution is 5.96. The molecule has 230 valence electrons. The number of nitriles is 1. The van der Waals surface area contributed by atoms with Gasteiger partial charge in [0, 0.05) is 55.1 Å². The maximum atomic E-state index is 13.1. The van der Waals surface area contributed by atoms with E-state index >= 15 is 0 Å². The van der Waals surface area contributed by atoms with Crippen molar-refractivity contribution < 1.29 is 24.2 Å². The van der Waals surface area contributed by atoms with E-state index in [0.29, 0.717) is 67.0 Å². The van der Waals surface area contributed by atoms with E-state index in [2.05, 4.69) is 36.9 Å². The van der Waals surface area contributed by atoms with E-state index in [1.807, 2.05) is 6.92 Å². The normalized spacial score (nSPS) is 15.4. The Bertz CT molecular complexity index is 1740. The standard InChI is InChI=1S/C30H30N10O5/c1-19(12-40-18-34-36-37-40)45-25-7-20(3-4-22(25)9-31)23-10-32-29(33-11-23)35-24-6-5-21(8-26(24)44-2)28(43)39-16-30(17-39)14-38(15-30)27(42)13-41/h3-8,10-11,18-19,41H,12-17H2,1-2H3,(H,32,33,35). The molecule has 2 saturated heterocycles. The molecule has 2 fully saturated rings. The summed E-state index contributed by atoms with van der Waals surface area (Å²) in [6.07, 6.45) is 4.52. The van der Waals surface area contributed by atoms with Crippen LogP contribution in [0.1, 0.15) is 22.8 Å². The van der Waals surface area contributed by atoms with Crippen LogP contribution in [0.3, 0.4) is 0 Å². The van der Waals surface area contributed by atoms with Crippen LogP contribution in [0.4, 0.5) is 11.6 Å². The summed E-state index contributed by atoms with van der Waals surface area (Å²) in [4.78, 5) is 37.0. The van der Waals surface area contributed by atoms with Crippen LogP contribution < -0.4 is 14.8 Å². The Kier molecular flexibility index (Phi) is 7.97. The number of amides is 2. The molecule has 2 amide bonds. The number of anilines is 2. The van der Waals surface area contributed by atoms with Crippen molar-refractivity contribution in [3.8, 4) is 28.7 Å². The van der Waals surface area contributed by atoms with Crippen molar-refractivity contribution in [3.63, 3.8) is 0 Å². The minimum atomic E-state index is -0.494. The molecule has 15 nitrogen and oxygen atoms in total. The molecule has 45 heavy (non-hydrogen) atoms. The summed E-state index contributed by atoms with van der Waals surface area (Å²) < 4.78 is 13.1. The maximum Gasteiger partial charge on any atom is 0.254 e. The van der Waals surface area contributed by atoms with Gasteiger partial charge in [-0.05, 0) is 53.2 Å². The van der Waals surface area contributed by atoms with E-state index in [-0.39, 0.29) is 23.3 Å². The predicted molar refractivity (Wildman–Crippen MR) is 158 cm³/mol. The van der Waals surface area contributed by atoms with Crippen LogP contribution in [0.5, 0.6) is 11.5 Å². The molecule has 0 saturated carbocycles. The number of nitrogens with zero attached hydrogens (tertiary/aromatic N) is 9. The largest absolute Gasteiger partial charge is 0.495 e. The fourth-order valence-electron chi connectivity index (χ4n) is 5.59. The SMILES string of the molecule is COc1cc(C(=O)N2CC3(CN(C(=O)CO)C3)C2)ccc1Nc1ncc(-c2ccc(C#N)c(OC(C)Cn3cnnn3)c2)cn1. The number of aliphatic hydroxyl groups excluding tert-OH is 1. The van der Waals surface area contributed by atoms with Crippen LogP contribution in [-0.4, -0.2) is 103 Å². The van der Waals surface area contributed by atoms with Crippen LogP contribution in [0.25, 0.3) is 11.1 Å². The van der Waals surface area contributed by atoms with Gasteiger partial charge in [0.15, 0.2) is 0 Å². The number of hydrogen-bond acceptors (Lipinski definition) is 12. The molecule has 1 unspecified atom stereocenters. The van der Waals surface area contributed by atoms with E-state index in [0.717, 1.165) is 11.1 Å². The van der Waals surface area contributed by atoms with Gasteiger partial charge in [0.25, 0.3) is 5.91 Å². The Balaban J connectivity index is 1.09. The molecule has 2 aliphatic heterocycles. The lowest BCUT2D eigenvalue weighted by Gasteiger charge is -2.60. The molecule has 6 rings (SSSR count). The summed E-state index contributed by atoms with van der Waals surface area (Å²) in [7, 11) is 1.52. The molecule has 4 aromatic rings. The minimum absolute atomic E-state index is 0.0726. The van der Waals surface area contributed by atoms with Gasteiger partial charge >= 0.3 is 0 Å². The molecule has 4 heterocycles. The Morgan fingerprint density at radius 1 is 1.07 bits per heavy atom. The maximum absolute atomic E-state index is 13.1. The van der Waals surface area contributed by atoms with Crippen molar-refractivity contribution in [2.24, 2.45) is 5.41 Å². The van der Waals surface area contributed by atoms with Crippen molar-refractivity contribution in [1.29, 1.82) is 5.26 Å². The van der Waals surface area contributed by atoms with Crippen molar-refractivity contribution in [3.05, 3.63) is 66.2 Å². The van der Waals surface area contributed by atoms with Crippen molar-refractivity contribution in [1.82, 2.24) is 40.0 Å². The third kappa shape index (κ3) is 6.08. The highest BCUT2D eigenvalue weighted by Crippen LogP contribution is 2.40. The quantitative estimate of drug-likeness (QED) is 0.264. The van der Waals surface area contributed by atoms with Crippen molar-refractivity contribution in [2.75, 3.05) is 45.2 Å². The molecule has 0 bridgehead atoms. The van der Waals surface area contributed by atoms with E-state index in [9.17, 15) is 14.9 Å². The molecular weight excluding hydrogens is 580 g/mol. The predicted octanol–water partition coefficient (Wildman–Crippen LogP) is 1.50. The number of hydrogen-bond donors (Lipinski definition) is 2. The van der Waals surface area contributed by atoms with Gasteiger partial charge in [0.05, 0.1) is 24.9 Å². The molecule has 0 radical (unpaired) electrons. The van der Waals surface area contributed by atoms with Crippen LogP contribution in [0.2, 0.25) is 0 Å². The van der Waals surface area contributed by atoms with E-state index < -0.39 is 6.61 Å². The molecule has 15 heteroatoms. The number of likely N-dealkylation sites (tertiary alicyclic amines) is 2. The molecule has 1 atom stereocenters. The van der Waals surface area contributed by atoms with Gasteiger partial charge in [-0.1, -0.05) is 6.07 Å². The second kappa shape index (κ2) is 12.2. The minimum Gasteiger partial charge on any atom is -0.495 e. The van der Waals surface area contributed by atoms with Crippen molar-refractivity contribution >= 4 is 23.5 Å². The Labute approximate surface area is 258 Å². The Hall–Kier alpha value is -5.62. The Morgan fingerprint density at radius 3 is 2.49 bits per heavy atom. The lowest BCUT2D eigenvalue weighted by atomic mass is 9.72.